The van der Waals surface area contributed by atoms with Gasteiger partial charge in [-0.05, 0) is 31.4 Å². The SMILES string of the molecule is OCC1(O)CCCN(c2nc3ccccc3s2)CC1. The Bertz CT molecular complexity index is 538. The van der Waals surface area contributed by atoms with Gasteiger partial charge in [0, 0.05) is 13.1 Å². The molecule has 1 aliphatic heterocycles. The van der Waals surface area contributed by atoms with Crippen molar-refractivity contribution in [1.29, 1.82) is 0 Å². The molecule has 1 fully saturated rings. The van der Waals surface area contributed by atoms with Gasteiger partial charge in [0.2, 0.25) is 0 Å². The van der Waals surface area contributed by atoms with Gasteiger partial charge >= 0.3 is 0 Å². The van der Waals surface area contributed by atoms with E-state index in [1.807, 2.05) is 18.2 Å². The van der Waals surface area contributed by atoms with E-state index in [2.05, 4.69) is 16.0 Å². The lowest BCUT2D eigenvalue weighted by molar-refractivity contribution is -0.0232. The Hall–Kier alpha value is -1.17. The van der Waals surface area contributed by atoms with Gasteiger partial charge < -0.3 is 15.1 Å². The molecule has 0 saturated carbocycles. The van der Waals surface area contributed by atoms with E-state index in [1.54, 1.807) is 11.3 Å². The summed E-state index contributed by atoms with van der Waals surface area (Å²) in [5.41, 5.74) is 0.120. The first-order valence-corrected chi connectivity index (χ1v) is 7.46. The van der Waals surface area contributed by atoms with E-state index in [0.717, 1.165) is 30.2 Å². The predicted octanol–water partition coefficient (Wildman–Crippen LogP) is 2.01. The molecule has 1 aromatic carbocycles. The summed E-state index contributed by atoms with van der Waals surface area (Å²) in [7, 11) is 0. The minimum atomic E-state index is -0.911. The number of rotatable bonds is 2. The number of aromatic nitrogens is 1. The summed E-state index contributed by atoms with van der Waals surface area (Å²) in [6.45, 7) is 1.49. The van der Waals surface area contributed by atoms with Crippen LogP contribution >= 0.6 is 11.3 Å². The van der Waals surface area contributed by atoms with Gasteiger partial charge in [0.05, 0.1) is 22.4 Å². The summed E-state index contributed by atoms with van der Waals surface area (Å²) in [6.07, 6.45) is 2.14. The van der Waals surface area contributed by atoms with Crippen LogP contribution in [0.25, 0.3) is 10.2 Å². The van der Waals surface area contributed by atoms with Gasteiger partial charge in [-0.3, -0.25) is 0 Å². The van der Waals surface area contributed by atoms with Gasteiger partial charge in [-0.15, -0.1) is 0 Å². The molecule has 4 nitrogen and oxygen atoms in total. The molecular formula is C14H18N2O2S. The van der Waals surface area contributed by atoms with Crippen LogP contribution in [0.1, 0.15) is 19.3 Å². The highest BCUT2D eigenvalue weighted by atomic mass is 32.1. The zero-order valence-electron chi connectivity index (χ0n) is 10.7. The van der Waals surface area contributed by atoms with Crippen molar-refractivity contribution in [1.82, 2.24) is 4.98 Å². The topological polar surface area (TPSA) is 56.6 Å². The van der Waals surface area contributed by atoms with E-state index in [0.29, 0.717) is 12.8 Å². The van der Waals surface area contributed by atoms with Crippen LogP contribution in [0.3, 0.4) is 0 Å². The van der Waals surface area contributed by atoms with Crippen LogP contribution in [0.15, 0.2) is 24.3 Å². The van der Waals surface area contributed by atoms with Crippen molar-refractivity contribution in [3.8, 4) is 0 Å². The van der Waals surface area contributed by atoms with Gasteiger partial charge in [0.25, 0.3) is 0 Å². The van der Waals surface area contributed by atoms with Gasteiger partial charge in [-0.1, -0.05) is 23.5 Å². The van der Waals surface area contributed by atoms with E-state index in [1.165, 1.54) is 4.70 Å². The average Bonchev–Trinajstić information content (AvgIpc) is 2.76. The number of thiazole rings is 1. The lowest BCUT2D eigenvalue weighted by atomic mass is 9.96. The normalized spacial score (nSPS) is 24.6. The Labute approximate surface area is 116 Å². The summed E-state index contributed by atoms with van der Waals surface area (Å²) in [5.74, 6) is 0. The maximum Gasteiger partial charge on any atom is 0.186 e. The zero-order chi connectivity index (χ0) is 13.3. The highest BCUT2D eigenvalue weighted by Crippen LogP contribution is 2.31. The van der Waals surface area contributed by atoms with Crippen molar-refractivity contribution >= 4 is 26.7 Å². The van der Waals surface area contributed by atoms with Gasteiger partial charge in [-0.2, -0.15) is 0 Å². The van der Waals surface area contributed by atoms with Crippen LogP contribution in [0, 0.1) is 0 Å². The highest BCUT2D eigenvalue weighted by molar-refractivity contribution is 7.22. The van der Waals surface area contributed by atoms with Crippen molar-refractivity contribution in [2.75, 3.05) is 24.6 Å². The number of para-hydroxylation sites is 1. The molecule has 1 atom stereocenters. The standard InChI is InChI=1S/C14H18N2O2S/c17-10-14(18)6-3-8-16(9-7-14)13-15-11-4-1-2-5-12(11)19-13/h1-2,4-5,17-18H,3,6-10H2. The minimum absolute atomic E-state index is 0.152. The molecule has 0 amide bonds. The minimum Gasteiger partial charge on any atom is -0.393 e. The largest absolute Gasteiger partial charge is 0.393 e. The molecule has 0 aliphatic carbocycles. The average molecular weight is 278 g/mol. The van der Waals surface area contributed by atoms with Crippen LogP contribution < -0.4 is 4.90 Å². The molecule has 3 rings (SSSR count). The smallest absolute Gasteiger partial charge is 0.186 e. The number of benzene rings is 1. The molecule has 1 saturated heterocycles. The van der Waals surface area contributed by atoms with Crippen molar-refractivity contribution in [3.05, 3.63) is 24.3 Å². The number of hydrogen-bond donors (Lipinski definition) is 2. The number of nitrogens with zero attached hydrogens (tertiary/aromatic N) is 2. The van der Waals surface area contributed by atoms with Crippen LogP contribution in [0.4, 0.5) is 5.13 Å². The fourth-order valence-corrected chi connectivity index (χ4v) is 3.54. The van der Waals surface area contributed by atoms with Crippen LogP contribution in [-0.2, 0) is 0 Å². The van der Waals surface area contributed by atoms with E-state index in [-0.39, 0.29) is 6.61 Å². The quantitative estimate of drug-likeness (QED) is 0.882. The second kappa shape index (κ2) is 5.07. The molecule has 0 bridgehead atoms. The molecular weight excluding hydrogens is 260 g/mol. The fourth-order valence-electron chi connectivity index (χ4n) is 2.52. The molecule has 0 radical (unpaired) electrons. The van der Waals surface area contributed by atoms with E-state index in [4.69, 9.17) is 0 Å². The Morgan fingerprint density at radius 2 is 2.11 bits per heavy atom. The van der Waals surface area contributed by atoms with Crippen molar-refractivity contribution in [2.24, 2.45) is 0 Å². The molecule has 2 N–H and O–H groups in total. The highest BCUT2D eigenvalue weighted by Gasteiger charge is 2.30. The summed E-state index contributed by atoms with van der Waals surface area (Å²) in [4.78, 5) is 6.87. The maximum atomic E-state index is 10.2. The number of aliphatic hydroxyl groups is 2. The summed E-state index contributed by atoms with van der Waals surface area (Å²) >= 11 is 1.69. The Kier molecular flexibility index (Phi) is 3.43. The first-order valence-electron chi connectivity index (χ1n) is 6.64. The molecule has 102 valence electrons. The molecule has 19 heavy (non-hydrogen) atoms. The summed E-state index contributed by atoms with van der Waals surface area (Å²) in [5, 5.41) is 20.5. The zero-order valence-corrected chi connectivity index (χ0v) is 11.6. The molecule has 5 heteroatoms. The van der Waals surface area contributed by atoms with E-state index >= 15 is 0 Å². The van der Waals surface area contributed by atoms with Crippen molar-refractivity contribution in [2.45, 2.75) is 24.9 Å². The second-order valence-corrected chi connectivity index (χ2v) is 6.20. The lowest BCUT2D eigenvalue weighted by Crippen LogP contribution is -2.34. The van der Waals surface area contributed by atoms with Crippen molar-refractivity contribution < 1.29 is 10.2 Å². The molecule has 2 heterocycles. The fraction of sp³-hybridized carbons (Fsp3) is 0.500. The van der Waals surface area contributed by atoms with Crippen LogP contribution in [-0.4, -0.2) is 40.5 Å². The van der Waals surface area contributed by atoms with Gasteiger partial charge in [0.1, 0.15) is 0 Å². The number of fused-ring (bicyclic) bond motifs is 1. The maximum absolute atomic E-state index is 10.2. The molecule has 0 spiro atoms. The van der Waals surface area contributed by atoms with Gasteiger partial charge in [0.15, 0.2) is 5.13 Å². The molecule has 2 aromatic rings. The summed E-state index contributed by atoms with van der Waals surface area (Å²) < 4.78 is 1.19. The lowest BCUT2D eigenvalue weighted by Gasteiger charge is -2.24. The Balaban J connectivity index is 1.82. The summed E-state index contributed by atoms with van der Waals surface area (Å²) in [6, 6.07) is 8.13. The number of anilines is 1. The first kappa shape index (κ1) is 12.8. The third-order valence-corrected chi connectivity index (χ3v) is 4.86. The van der Waals surface area contributed by atoms with Crippen molar-refractivity contribution in [3.63, 3.8) is 0 Å². The third kappa shape index (κ3) is 2.59. The predicted molar refractivity (Wildman–Crippen MR) is 77.7 cm³/mol. The number of hydrogen-bond acceptors (Lipinski definition) is 5. The third-order valence-electron chi connectivity index (χ3n) is 3.76. The van der Waals surface area contributed by atoms with Crippen LogP contribution in [0.2, 0.25) is 0 Å². The van der Waals surface area contributed by atoms with Crippen LogP contribution in [0.5, 0.6) is 0 Å². The Morgan fingerprint density at radius 3 is 2.89 bits per heavy atom. The van der Waals surface area contributed by atoms with Gasteiger partial charge in [-0.25, -0.2) is 4.98 Å². The molecule has 1 unspecified atom stereocenters. The van der Waals surface area contributed by atoms with E-state index in [9.17, 15) is 10.2 Å². The second-order valence-electron chi connectivity index (χ2n) is 5.19. The molecule has 1 aromatic heterocycles. The Morgan fingerprint density at radius 1 is 1.26 bits per heavy atom. The van der Waals surface area contributed by atoms with E-state index < -0.39 is 5.60 Å². The molecule has 1 aliphatic rings. The first-order chi connectivity index (χ1) is 9.20. The monoisotopic (exact) mass is 278 g/mol. The number of aliphatic hydroxyl groups excluding tert-OH is 1.